The maximum atomic E-state index is 11.6. The van der Waals surface area contributed by atoms with Crippen molar-refractivity contribution in [2.45, 2.75) is 33.3 Å². The largest absolute Gasteiger partial charge is 0.444 e. The number of likely N-dealkylation sites (N-methyl/N-ethyl adjacent to an activating group) is 1. The zero-order valence-electron chi connectivity index (χ0n) is 17.8. The van der Waals surface area contributed by atoms with Gasteiger partial charge in [0.25, 0.3) is 0 Å². The predicted molar refractivity (Wildman–Crippen MR) is 122 cm³/mol. The van der Waals surface area contributed by atoms with E-state index >= 15 is 0 Å². The van der Waals surface area contributed by atoms with Crippen LogP contribution in [-0.4, -0.2) is 93.9 Å². The highest BCUT2D eigenvalue weighted by molar-refractivity contribution is 14.0. The third-order valence-corrected chi connectivity index (χ3v) is 4.09. The Bertz CT molecular complexity index is 448. The first kappa shape index (κ1) is 26.2. The van der Waals surface area contributed by atoms with Crippen molar-refractivity contribution in [1.82, 2.24) is 25.8 Å². The molecule has 8 nitrogen and oxygen atoms in total. The van der Waals surface area contributed by atoms with Crippen molar-refractivity contribution in [3.8, 4) is 0 Å². The minimum Gasteiger partial charge on any atom is -0.444 e. The Hall–Kier alpha value is -0.810. The van der Waals surface area contributed by atoms with Crippen LogP contribution in [0.3, 0.4) is 0 Å². The highest BCUT2D eigenvalue weighted by Crippen LogP contribution is 2.06. The van der Waals surface area contributed by atoms with E-state index in [2.05, 4.69) is 44.7 Å². The normalized spacial score (nSPS) is 17.6. The van der Waals surface area contributed by atoms with Crippen molar-refractivity contribution < 1.29 is 9.53 Å². The van der Waals surface area contributed by atoms with Gasteiger partial charge in [-0.1, -0.05) is 6.92 Å². The summed E-state index contributed by atoms with van der Waals surface area (Å²) in [6, 6.07) is 0. The zero-order valence-corrected chi connectivity index (χ0v) is 20.1. The van der Waals surface area contributed by atoms with Crippen molar-refractivity contribution in [1.29, 1.82) is 0 Å². The summed E-state index contributed by atoms with van der Waals surface area (Å²) in [6.07, 6.45) is -0.400. The van der Waals surface area contributed by atoms with Crippen molar-refractivity contribution >= 4 is 36.0 Å². The average Bonchev–Trinajstić information content (AvgIpc) is 2.54. The number of amides is 1. The van der Waals surface area contributed by atoms with Gasteiger partial charge in [0, 0.05) is 59.4 Å². The number of carbonyl (C=O) groups excluding carboxylic acids is 1. The van der Waals surface area contributed by atoms with Crippen molar-refractivity contribution in [2.75, 3.05) is 66.5 Å². The number of aliphatic imine (C=N–C) groups is 1. The number of carbonyl (C=O) groups is 1. The molecule has 1 fully saturated rings. The van der Waals surface area contributed by atoms with E-state index in [1.54, 1.807) is 7.05 Å². The molecule has 1 aliphatic heterocycles. The second-order valence-electron chi connectivity index (χ2n) is 8.02. The molecule has 0 spiro atoms. The van der Waals surface area contributed by atoms with E-state index in [0.29, 0.717) is 19.0 Å². The molecule has 0 radical (unpaired) electrons. The number of nitrogens with zero attached hydrogens (tertiary/aromatic N) is 3. The highest BCUT2D eigenvalue weighted by Gasteiger charge is 2.17. The van der Waals surface area contributed by atoms with Gasteiger partial charge in [0.15, 0.2) is 5.96 Å². The summed E-state index contributed by atoms with van der Waals surface area (Å²) in [6.45, 7) is 15.4. The van der Waals surface area contributed by atoms with Crippen molar-refractivity contribution in [2.24, 2.45) is 10.9 Å². The van der Waals surface area contributed by atoms with Gasteiger partial charge in [0.2, 0.25) is 0 Å². The quantitative estimate of drug-likeness (QED) is 0.212. The SMILES string of the molecule is CN=C(NCCNC(=O)OC(C)(C)C)NCC(C)CN1CCN(C)CC1.I. The molecular weight excluding hydrogens is 459 g/mol. The maximum Gasteiger partial charge on any atom is 0.407 e. The molecule has 3 N–H and O–H groups in total. The van der Waals surface area contributed by atoms with E-state index in [1.165, 1.54) is 0 Å². The summed E-state index contributed by atoms with van der Waals surface area (Å²) in [7, 11) is 3.93. The minimum absolute atomic E-state index is 0. The molecule has 0 aliphatic carbocycles. The fourth-order valence-electron chi connectivity index (χ4n) is 2.69. The van der Waals surface area contributed by atoms with Crippen LogP contribution < -0.4 is 16.0 Å². The van der Waals surface area contributed by atoms with Gasteiger partial charge in [-0.3, -0.25) is 4.99 Å². The lowest BCUT2D eigenvalue weighted by Crippen LogP contribution is -2.48. The van der Waals surface area contributed by atoms with Gasteiger partial charge in [0.05, 0.1) is 0 Å². The van der Waals surface area contributed by atoms with Crippen LogP contribution in [-0.2, 0) is 4.74 Å². The van der Waals surface area contributed by atoms with E-state index in [1.807, 2.05) is 20.8 Å². The number of guanidine groups is 1. The summed E-state index contributed by atoms with van der Waals surface area (Å²) >= 11 is 0. The zero-order chi connectivity index (χ0) is 19.6. The van der Waals surface area contributed by atoms with Crippen LogP contribution in [0.2, 0.25) is 0 Å². The minimum atomic E-state index is -0.477. The standard InChI is InChI=1S/C18H38N6O2.HI/c1-15(14-24-11-9-23(6)10-12-24)13-22-16(19-5)20-7-8-21-17(25)26-18(2,3)4;/h15H,7-14H2,1-6H3,(H,21,25)(H2,19,20,22);1H. The molecule has 1 rings (SSSR count). The molecular formula is C18H39IN6O2. The summed E-state index contributed by atoms with van der Waals surface area (Å²) in [5, 5.41) is 9.28. The fourth-order valence-corrected chi connectivity index (χ4v) is 2.69. The maximum absolute atomic E-state index is 11.6. The molecule has 0 aromatic carbocycles. The molecule has 0 saturated carbocycles. The van der Waals surface area contributed by atoms with E-state index in [4.69, 9.17) is 4.74 Å². The topological polar surface area (TPSA) is 81.2 Å². The van der Waals surface area contributed by atoms with E-state index in [0.717, 1.165) is 45.2 Å². The average molecular weight is 498 g/mol. The third kappa shape index (κ3) is 13.1. The van der Waals surface area contributed by atoms with Crippen LogP contribution in [0.5, 0.6) is 0 Å². The molecule has 1 heterocycles. The van der Waals surface area contributed by atoms with Gasteiger partial charge >= 0.3 is 6.09 Å². The number of hydrogen-bond acceptors (Lipinski definition) is 5. The van der Waals surface area contributed by atoms with Crippen molar-refractivity contribution in [3.63, 3.8) is 0 Å². The Morgan fingerprint density at radius 1 is 1.11 bits per heavy atom. The highest BCUT2D eigenvalue weighted by atomic mass is 127. The first-order chi connectivity index (χ1) is 12.2. The number of alkyl carbamates (subject to hydrolysis) is 1. The van der Waals surface area contributed by atoms with Crippen LogP contribution in [0, 0.1) is 5.92 Å². The molecule has 1 unspecified atom stereocenters. The number of hydrogen-bond donors (Lipinski definition) is 3. The van der Waals surface area contributed by atoms with Crippen LogP contribution in [0.1, 0.15) is 27.7 Å². The lowest BCUT2D eigenvalue weighted by atomic mass is 10.1. The Kier molecular flexibility index (Phi) is 13.0. The van der Waals surface area contributed by atoms with Gasteiger partial charge in [0.1, 0.15) is 5.60 Å². The first-order valence-corrected chi connectivity index (χ1v) is 9.52. The molecule has 160 valence electrons. The number of piperazine rings is 1. The Morgan fingerprint density at radius 3 is 2.26 bits per heavy atom. The summed E-state index contributed by atoms with van der Waals surface area (Å²) in [5.74, 6) is 1.29. The second kappa shape index (κ2) is 13.4. The van der Waals surface area contributed by atoms with E-state index in [9.17, 15) is 4.79 Å². The smallest absolute Gasteiger partial charge is 0.407 e. The summed E-state index contributed by atoms with van der Waals surface area (Å²) in [5.41, 5.74) is -0.477. The molecule has 0 bridgehead atoms. The monoisotopic (exact) mass is 498 g/mol. The van der Waals surface area contributed by atoms with Crippen molar-refractivity contribution in [3.05, 3.63) is 0 Å². The molecule has 9 heteroatoms. The molecule has 1 saturated heterocycles. The number of halogens is 1. The molecule has 1 atom stereocenters. The third-order valence-electron chi connectivity index (χ3n) is 4.09. The Balaban J connectivity index is 0.00000676. The first-order valence-electron chi connectivity index (χ1n) is 9.52. The van der Waals surface area contributed by atoms with Crippen LogP contribution >= 0.6 is 24.0 Å². The number of rotatable bonds is 7. The van der Waals surface area contributed by atoms with Crippen LogP contribution in [0.25, 0.3) is 0 Å². The second-order valence-corrected chi connectivity index (χ2v) is 8.02. The Morgan fingerprint density at radius 2 is 1.70 bits per heavy atom. The molecule has 1 aliphatic rings. The lowest BCUT2D eigenvalue weighted by Gasteiger charge is -2.34. The molecule has 27 heavy (non-hydrogen) atoms. The summed E-state index contributed by atoms with van der Waals surface area (Å²) < 4.78 is 5.20. The predicted octanol–water partition coefficient (Wildman–Crippen LogP) is 1.18. The summed E-state index contributed by atoms with van der Waals surface area (Å²) in [4.78, 5) is 20.7. The number of nitrogens with one attached hydrogen (secondary N) is 3. The van der Waals surface area contributed by atoms with Gasteiger partial charge in [-0.25, -0.2) is 4.79 Å². The Labute approximate surface area is 181 Å². The lowest BCUT2D eigenvalue weighted by molar-refractivity contribution is 0.0529. The van der Waals surface area contributed by atoms with Crippen LogP contribution in [0.4, 0.5) is 4.79 Å². The number of ether oxygens (including phenoxy) is 1. The van der Waals surface area contributed by atoms with Crippen LogP contribution in [0.15, 0.2) is 4.99 Å². The van der Waals surface area contributed by atoms with E-state index in [-0.39, 0.29) is 24.0 Å². The van der Waals surface area contributed by atoms with Gasteiger partial charge in [-0.05, 0) is 33.7 Å². The van der Waals surface area contributed by atoms with E-state index < -0.39 is 11.7 Å². The molecule has 0 aromatic heterocycles. The van der Waals surface area contributed by atoms with Gasteiger partial charge < -0.3 is 30.5 Å². The molecule has 1 amide bonds. The van der Waals surface area contributed by atoms with Gasteiger partial charge in [-0.15, -0.1) is 24.0 Å². The fraction of sp³-hybridized carbons (Fsp3) is 0.889. The van der Waals surface area contributed by atoms with Gasteiger partial charge in [-0.2, -0.15) is 0 Å². The molecule has 0 aromatic rings.